The summed E-state index contributed by atoms with van der Waals surface area (Å²) in [4.78, 5) is 11.1. The highest BCUT2D eigenvalue weighted by molar-refractivity contribution is 6.02. The van der Waals surface area contributed by atoms with Gasteiger partial charge in [-0.2, -0.15) is 0 Å². The van der Waals surface area contributed by atoms with Crippen LogP contribution in [0.2, 0.25) is 0 Å². The van der Waals surface area contributed by atoms with Crippen LogP contribution in [0.25, 0.3) is 0 Å². The number of benzene rings is 1. The van der Waals surface area contributed by atoms with Crippen LogP contribution in [-0.2, 0) is 6.42 Å². The predicted molar refractivity (Wildman–Crippen MR) is 40.7 cm³/mol. The number of phenolic OH excluding ortho intramolecular Hbond substituents is 1. The summed E-state index contributed by atoms with van der Waals surface area (Å²) in [6, 6.07) is 2.28. The van der Waals surface area contributed by atoms with Crippen molar-refractivity contribution in [2.75, 3.05) is 0 Å². The number of aryl methyl sites for hydroxylation is 1. The van der Waals surface area contributed by atoms with Crippen LogP contribution < -0.4 is 0 Å². The Morgan fingerprint density at radius 2 is 2.08 bits per heavy atom. The molecule has 2 nitrogen and oxygen atoms in total. The molecule has 0 saturated carbocycles. The van der Waals surface area contributed by atoms with E-state index in [0.29, 0.717) is 24.0 Å². The van der Waals surface area contributed by atoms with E-state index in [2.05, 4.69) is 0 Å². The largest absolute Gasteiger partial charge is 0.507 e. The van der Waals surface area contributed by atoms with Gasteiger partial charge < -0.3 is 5.11 Å². The van der Waals surface area contributed by atoms with Gasteiger partial charge in [0.05, 0.1) is 5.56 Å². The van der Waals surface area contributed by atoms with E-state index in [1.807, 2.05) is 0 Å². The number of carbonyl (C=O) groups is 1. The molecule has 0 unspecified atom stereocenters. The highest BCUT2D eigenvalue weighted by Crippen LogP contribution is 2.30. The minimum atomic E-state index is -0.485. The van der Waals surface area contributed by atoms with Crippen LogP contribution in [0.4, 0.5) is 4.39 Å². The van der Waals surface area contributed by atoms with E-state index in [0.717, 1.165) is 6.07 Å². The summed E-state index contributed by atoms with van der Waals surface area (Å²) in [5.41, 5.74) is 0.925. The molecule has 0 radical (unpaired) electrons. The lowest BCUT2D eigenvalue weighted by Gasteiger charge is -2.00. The maximum Gasteiger partial charge on any atom is 0.167 e. The molecule has 0 heterocycles. The second kappa shape index (κ2) is 2.30. The van der Waals surface area contributed by atoms with Gasteiger partial charge in [0, 0.05) is 12.5 Å². The van der Waals surface area contributed by atoms with Gasteiger partial charge in [-0.15, -0.1) is 0 Å². The van der Waals surface area contributed by atoms with Crippen LogP contribution in [0, 0.1) is 5.82 Å². The van der Waals surface area contributed by atoms with Gasteiger partial charge >= 0.3 is 0 Å². The maximum absolute atomic E-state index is 12.7. The monoisotopic (exact) mass is 166 g/mol. The number of hydrogen-bond acceptors (Lipinski definition) is 2. The average molecular weight is 166 g/mol. The van der Waals surface area contributed by atoms with Crippen LogP contribution in [-0.4, -0.2) is 10.9 Å². The molecule has 0 spiro atoms. The van der Waals surface area contributed by atoms with Crippen molar-refractivity contribution in [3.63, 3.8) is 0 Å². The van der Waals surface area contributed by atoms with E-state index in [-0.39, 0.29) is 11.5 Å². The van der Waals surface area contributed by atoms with Crippen LogP contribution in [0.1, 0.15) is 22.3 Å². The van der Waals surface area contributed by atoms with Crippen LogP contribution in [0.5, 0.6) is 5.75 Å². The summed E-state index contributed by atoms with van der Waals surface area (Å²) in [7, 11) is 0. The first-order valence-electron chi connectivity index (χ1n) is 3.73. The zero-order valence-corrected chi connectivity index (χ0v) is 6.30. The van der Waals surface area contributed by atoms with Gasteiger partial charge in [-0.05, 0) is 18.1 Å². The van der Waals surface area contributed by atoms with Crippen molar-refractivity contribution in [3.8, 4) is 5.75 Å². The molecule has 0 amide bonds. The number of fused-ring (bicyclic) bond motifs is 1. The van der Waals surface area contributed by atoms with Crippen LogP contribution in [0.15, 0.2) is 12.1 Å². The van der Waals surface area contributed by atoms with Gasteiger partial charge in [-0.25, -0.2) is 4.39 Å². The van der Waals surface area contributed by atoms with Crippen molar-refractivity contribution in [2.24, 2.45) is 0 Å². The molecule has 62 valence electrons. The summed E-state index contributed by atoms with van der Waals surface area (Å²) >= 11 is 0. The number of ketones is 1. The van der Waals surface area contributed by atoms with Crippen LogP contribution in [0.3, 0.4) is 0 Å². The molecule has 1 aliphatic carbocycles. The molecule has 12 heavy (non-hydrogen) atoms. The molecule has 3 heteroatoms. The second-order valence-corrected chi connectivity index (χ2v) is 2.88. The first-order chi connectivity index (χ1) is 5.68. The molecular weight excluding hydrogens is 159 g/mol. The summed E-state index contributed by atoms with van der Waals surface area (Å²) in [5.74, 6) is -0.809. The van der Waals surface area contributed by atoms with Crippen molar-refractivity contribution in [2.45, 2.75) is 12.8 Å². The second-order valence-electron chi connectivity index (χ2n) is 2.88. The number of Topliss-reactive ketones (excluding diaryl/α,β-unsaturated/α-hetero) is 1. The SMILES string of the molecule is O=C1CCc2cc(F)cc(O)c21. The number of hydrogen-bond donors (Lipinski definition) is 1. The Hall–Kier alpha value is -1.38. The molecule has 0 aromatic heterocycles. The van der Waals surface area contributed by atoms with E-state index in [1.165, 1.54) is 6.07 Å². The quantitative estimate of drug-likeness (QED) is 0.636. The normalized spacial score (nSPS) is 14.9. The van der Waals surface area contributed by atoms with Crippen molar-refractivity contribution >= 4 is 5.78 Å². The van der Waals surface area contributed by atoms with E-state index >= 15 is 0 Å². The summed E-state index contributed by atoms with van der Waals surface area (Å²) in [5, 5.41) is 9.22. The molecule has 0 bridgehead atoms. The Morgan fingerprint density at radius 3 is 2.83 bits per heavy atom. The highest BCUT2D eigenvalue weighted by Gasteiger charge is 2.23. The van der Waals surface area contributed by atoms with Gasteiger partial charge in [0.2, 0.25) is 0 Å². The Balaban J connectivity index is 2.68. The van der Waals surface area contributed by atoms with E-state index in [9.17, 15) is 14.3 Å². The molecule has 0 aliphatic heterocycles. The Labute approximate surface area is 68.6 Å². The van der Waals surface area contributed by atoms with Gasteiger partial charge in [0.1, 0.15) is 11.6 Å². The van der Waals surface area contributed by atoms with Gasteiger partial charge in [-0.1, -0.05) is 0 Å². The lowest BCUT2D eigenvalue weighted by molar-refractivity contribution is 0.0992. The molecule has 1 aromatic carbocycles. The topological polar surface area (TPSA) is 37.3 Å². The molecule has 0 atom stereocenters. The molecule has 1 aliphatic rings. The lowest BCUT2D eigenvalue weighted by atomic mass is 10.1. The summed E-state index contributed by atoms with van der Waals surface area (Å²) in [6.07, 6.45) is 0.922. The summed E-state index contributed by atoms with van der Waals surface area (Å²) in [6.45, 7) is 0. The smallest absolute Gasteiger partial charge is 0.167 e. The lowest BCUT2D eigenvalue weighted by Crippen LogP contribution is -1.92. The number of phenols is 1. The Bertz CT molecular complexity index is 358. The third kappa shape index (κ3) is 0.897. The molecule has 1 N–H and O–H groups in total. The predicted octanol–water partition coefficient (Wildman–Crippen LogP) is 1.66. The molecule has 0 saturated heterocycles. The van der Waals surface area contributed by atoms with Crippen LogP contribution >= 0.6 is 0 Å². The molecule has 2 rings (SSSR count). The molecule has 0 fully saturated rings. The van der Waals surface area contributed by atoms with E-state index < -0.39 is 5.82 Å². The standard InChI is InChI=1S/C9H7FO2/c10-6-3-5-1-2-7(11)9(5)8(12)4-6/h3-4,12H,1-2H2. The zero-order chi connectivity index (χ0) is 8.72. The third-order valence-corrected chi connectivity index (χ3v) is 2.06. The fourth-order valence-electron chi connectivity index (χ4n) is 1.54. The number of rotatable bonds is 0. The molecular formula is C9H7FO2. The first kappa shape index (κ1) is 7.28. The first-order valence-corrected chi connectivity index (χ1v) is 3.73. The average Bonchev–Trinajstić information content (AvgIpc) is 2.31. The fourth-order valence-corrected chi connectivity index (χ4v) is 1.54. The zero-order valence-electron chi connectivity index (χ0n) is 6.30. The van der Waals surface area contributed by atoms with Gasteiger partial charge in [0.15, 0.2) is 5.78 Å². The van der Waals surface area contributed by atoms with Crippen molar-refractivity contribution in [1.82, 2.24) is 0 Å². The minimum Gasteiger partial charge on any atom is -0.507 e. The van der Waals surface area contributed by atoms with E-state index in [1.54, 1.807) is 0 Å². The van der Waals surface area contributed by atoms with Gasteiger partial charge in [0.25, 0.3) is 0 Å². The van der Waals surface area contributed by atoms with Gasteiger partial charge in [-0.3, -0.25) is 4.79 Å². The molecule has 1 aromatic rings. The Morgan fingerprint density at radius 1 is 1.33 bits per heavy atom. The van der Waals surface area contributed by atoms with Crippen molar-refractivity contribution in [1.29, 1.82) is 0 Å². The van der Waals surface area contributed by atoms with E-state index in [4.69, 9.17) is 0 Å². The fraction of sp³-hybridized carbons (Fsp3) is 0.222. The Kier molecular flexibility index (Phi) is 1.40. The van der Waals surface area contributed by atoms with Crippen molar-refractivity contribution in [3.05, 3.63) is 29.1 Å². The minimum absolute atomic E-state index is 0.0949. The number of halogens is 1. The summed E-state index contributed by atoms with van der Waals surface area (Å²) < 4.78 is 12.7. The highest BCUT2D eigenvalue weighted by atomic mass is 19.1. The maximum atomic E-state index is 12.7. The number of aromatic hydroxyl groups is 1. The number of carbonyl (C=O) groups excluding carboxylic acids is 1. The van der Waals surface area contributed by atoms with Crippen molar-refractivity contribution < 1.29 is 14.3 Å². The third-order valence-electron chi connectivity index (χ3n) is 2.06.